The van der Waals surface area contributed by atoms with E-state index in [1.807, 2.05) is 6.07 Å². The maximum Gasteiger partial charge on any atom is 0.341 e. The van der Waals surface area contributed by atoms with Gasteiger partial charge in [-0.05, 0) is 53.7 Å². The molecular weight excluding hydrogens is 388 g/mol. The summed E-state index contributed by atoms with van der Waals surface area (Å²) in [6.45, 7) is -0.400. The number of thioether (sulfide) groups is 1. The number of halogens is 1. The Morgan fingerprint density at radius 1 is 1.30 bits per heavy atom. The minimum absolute atomic E-state index is 0.146. The zero-order chi connectivity index (χ0) is 19.4. The van der Waals surface area contributed by atoms with E-state index in [1.54, 1.807) is 55.6 Å². The largest absolute Gasteiger partial charge is 0.482 e. The lowest BCUT2D eigenvalue weighted by Crippen LogP contribution is -2.23. The Bertz CT molecular complexity index is 941. The zero-order valence-corrected chi connectivity index (χ0v) is 15.8. The predicted molar refractivity (Wildman–Crippen MR) is 106 cm³/mol. The van der Waals surface area contributed by atoms with Gasteiger partial charge in [-0.15, -0.1) is 0 Å². The molecule has 0 saturated carbocycles. The van der Waals surface area contributed by atoms with Crippen LogP contribution in [0.3, 0.4) is 0 Å². The first-order valence-corrected chi connectivity index (χ1v) is 9.08. The number of likely N-dealkylation sites (N-methyl/N-ethyl adjacent to an activating group) is 1. The molecule has 0 unspecified atom stereocenters. The standard InChI is InChI=1S/C19H15ClN2O4S/c1-22-18(25)16(27-19(22)21-14-4-2-3-13(20)10-14)9-12-5-7-15(8-6-12)26-11-17(23)24/h2-10H,11H2,1H3,(H,23,24)/b16-9+,21-19?. The first-order valence-electron chi connectivity index (χ1n) is 7.89. The topological polar surface area (TPSA) is 79.2 Å². The van der Waals surface area contributed by atoms with Gasteiger partial charge in [-0.25, -0.2) is 9.79 Å². The lowest BCUT2D eigenvalue weighted by molar-refractivity contribution is -0.139. The van der Waals surface area contributed by atoms with Crippen LogP contribution < -0.4 is 4.74 Å². The Balaban J connectivity index is 1.77. The van der Waals surface area contributed by atoms with E-state index in [0.717, 1.165) is 5.56 Å². The molecule has 1 aliphatic rings. The number of carboxylic acids is 1. The average Bonchev–Trinajstić information content (AvgIpc) is 2.89. The molecule has 2 aromatic rings. The average molecular weight is 403 g/mol. The van der Waals surface area contributed by atoms with Gasteiger partial charge in [0.2, 0.25) is 0 Å². The number of amidine groups is 1. The number of hydrogen-bond donors (Lipinski definition) is 1. The summed E-state index contributed by atoms with van der Waals surface area (Å²) >= 11 is 7.25. The molecule has 0 atom stereocenters. The van der Waals surface area contributed by atoms with Crippen molar-refractivity contribution in [1.82, 2.24) is 4.90 Å². The number of carboxylic acid groups (broad SMARTS) is 1. The van der Waals surface area contributed by atoms with Crippen LogP contribution in [0.5, 0.6) is 5.75 Å². The van der Waals surface area contributed by atoms with Gasteiger partial charge in [0.25, 0.3) is 5.91 Å². The fourth-order valence-electron chi connectivity index (χ4n) is 2.26. The van der Waals surface area contributed by atoms with Gasteiger partial charge in [-0.2, -0.15) is 0 Å². The van der Waals surface area contributed by atoms with E-state index in [4.69, 9.17) is 21.4 Å². The zero-order valence-electron chi connectivity index (χ0n) is 14.3. The van der Waals surface area contributed by atoms with Gasteiger partial charge in [-0.3, -0.25) is 9.69 Å². The van der Waals surface area contributed by atoms with Crippen molar-refractivity contribution >= 4 is 52.2 Å². The highest BCUT2D eigenvalue weighted by Gasteiger charge is 2.30. The van der Waals surface area contributed by atoms with Gasteiger partial charge in [0.15, 0.2) is 11.8 Å². The van der Waals surface area contributed by atoms with Gasteiger partial charge in [0.1, 0.15) is 5.75 Å². The molecule has 0 aromatic heterocycles. The van der Waals surface area contributed by atoms with E-state index in [-0.39, 0.29) is 5.91 Å². The Kier molecular flexibility index (Phi) is 5.83. The van der Waals surface area contributed by atoms with Gasteiger partial charge >= 0.3 is 5.97 Å². The first-order chi connectivity index (χ1) is 12.9. The lowest BCUT2D eigenvalue weighted by Gasteiger charge is -2.07. The van der Waals surface area contributed by atoms with Crippen LogP contribution in [0, 0.1) is 0 Å². The van der Waals surface area contributed by atoms with Crippen molar-refractivity contribution in [3.8, 4) is 5.75 Å². The van der Waals surface area contributed by atoms with Crippen molar-refractivity contribution in [2.75, 3.05) is 13.7 Å². The molecule has 0 radical (unpaired) electrons. The summed E-state index contributed by atoms with van der Waals surface area (Å²) in [6.07, 6.45) is 1.75. The Morgan fingerprint density at radius 3 is 2.70 bits per heavy atom. The number of rotatable bonds is 5. The molecule has 1 aliphatic heterocycles. The molecular formula is C19H15ClN2O4S. The van der Waals surface area contributed by atoms with Crippen LogP contribution in [0.25, 0.3) is 6.08 Å². The minimum atomic E-state index is -1.04. The molecule has 138 valence electrons. The molecule has 3 rings (SSSR count). The van der Waals surface area contributed by atoms with E-state index in [0.29, 0.717) is 26.5 Å². The molecule has 27 heavy (non-hydrogen) atoms. The second kappa shape index (κ2) is 8.28. The summed E-state index contributed by atoms with van der Waals surface area (Å²) in [4.78, 5) is 29.5. The Hall–Kier alpha value is -2.77. The molecule has 1 N–H and O–H groups in total. The van der Waals surface area contributed by atoms with Crippen LogP contribution in [0.1, 0.15) is 5.56 Å². The van der Waals surface area contributed by atoms with Crippen molar-refractivity contribution in [2.45, 2.75) is 0 Å². The third-order valence-electron chi connectivity index (χ3n) is 3.58. The number of aliphatic carboxylic acids is 1. The predicted octanol–water partition coefficient (Wildman–Crippen LogP) is 4.04. The van der Waals surface area contributed by atoms with Gasteiger partial charge in [0, 0.05) is 12.1 Å². The molecule has 0 aliphatic carbocycles. The molecule has 6 nitrogen and oxygen atoms in total. The summed E-state index contributed by atoms with van der Waals surface area (Å²) in [7, 11) is 1.67. The van der Waals surface area contributed by atoms with Crippen LogP contribution in [-0.2, 0) is 9.59 Å². The summed E-state index contributed by atoms with van der Waals surface area (Å²) < 4.78 is 5.09. The fraction of sp³-hybridized carbons (Fsp3) is 0.105. The maximum absolute atomic E-state index is 12.5. The summed E-state index contributed by atoms with van der Waals surface area (Å²) in [6, 6.07) is 13.9. The summed E-state index contributed by atoms with van der Waals surface area (Å²) in [5.41, 5.74) is 1.47. The SMILES string of the molecule is CN1C(=O)/C(=C\c2ccc(OCC(=O)O)cc2)SC1=Nc1cccc(Cl)c1. The second-order valence-electron chi connectivity index (χ2n) is 5.60. The third-order valence-corrected chi connectivity index (χ3v) is 4.87. The molecule has 0 spiro atoms. The normalized spacial score (nSPS) is 17.0. The molecule has 1 saturated heterocycles. The monoisotopic (exact) mass is 402 g/mol. The van der Waals surface area contributed by atoms with E-state index in [9.17, 15) is 9.59 Å². The summed E-state index contributed by atoms with van der Waals surface area (Å²) in [5, 5.41) is 9.76. The highest BCUT2D eigenvalue weighted by atomic mass is 35.5. The van der Waals surface area contributed by atoms with Gasteiger partial charge in [-0.1, -0.05) is 29.8 Å². The van der Waals surface area contributed by atoms with E-state index >= 15 is 0 Å². The molecule has 1 fully saturated rings. The maximum atomic E-state index is 12.5. The number of hydrogen-bond acceptors (Lipinski definition) is 5. The van der Waals surface area contributed by atoms with Crippen molar-refractivity contribution in [2.24, 2.45) is 4.99 Å². The molecule has 2 aromatic carbocycles. The van der Waals surface area contributed by atoms with Gasteiger partial charge < -0.3 is 9.84 Å². The van der Waals surface area contributed by atoms with Crippen LogP contribution in [0.15, 0.2) is 58.4 Å². The number of ether oxygens (including phenoxy) is 1. The van der Waals surface area contributed by atoms with E-state index < -0.39 is 12.6 Å². The number of nitrogens with zero attached hydrogens (tertiary/aromatic N) is 2. The van der Waals surface area contributed by atoms with Crippen LogP contribution >= 0.6 is 23.4 Å². The molecule has 1 heterocycles. The van der Waals surface area contributed by atoms with Crippen molar-refractivity contribution in [3.63, 3.8) is 0 Å². The Morgan fingerprint density at radius 2 is 2.04 bits per heavy atom. The number of carbonyl (C=O) groups is 2. The Labute approximate surface area is 165 Å². The highest BCUT2D eigenvalue weighted by molar-refractivity contribution is 8.18. The van der Waals surface area contributed by atoms with Crippen LogP contribution in [0.2, 0.25) is 5.02 Å². The second-order valence-corrected chi connectivity index (χ2v) is 7.05. The highest BCUT2D eigenvalue weighted by Crippen LogP contribution is 2.33. The number of benzene rings is 2. The summed E-state index contributed by atoms with van der Waals surface area (Å²) in [5.74, 6) is -0.735. The van der Waals surface area contributed by atoms with E-state index in [2.05, 4.69) is 4.99 Å². The molecule has 8 heteroatoms. The number of amides is 1. The van der Waals surface area contributed by atoms with Crippen molar-refractivity contribution < 1.29 is 19.4 Å². The number of aliphatic imine (C=N–C) groups is 1. The fourth-order valence-corrected chi connectivity index (χ4v) is 3.44. The van der Waals surface area contributed by atoms with E-state index in [1.165, 1.54) is 16.7 Å². The van der Waals surface area contributed by atoms with Crippen LogP contribution in [-0.4, -0.2) is 40.7 Å². The lowest BCUT2D eigenvalue weighted by atomic mass is 10.2. The van der Waals surface area contributed by atoms with Crippen molar-refractivity contribution in [3.05, 3.63) is 64.0 Å². The molecule has 0 bridgehead atoms. The quantitative estimate of drug-likeness (QED) is 0.763. The smallest absolute Gasteiger partial charge is 0.341 e. The van der Waals surface area contributed by atoms with Crippen molar-refractivity contribution in [1.29, 1.82) is 0 Å². The van der Waals surface area contributed by atoms with Crippen LogP contribution in [0.4, 0.5) is 5.69 Å². The molecule has 1 amide bonds. The first kappa shape index (κ1) is 19.0. The number of carbonyl (C=O) groups excluding carboxylic acids is 1. The van der Waals surface area contributed by atoms with Gasteiger partial charge in [0.05, 0.1) is 10.6 Å². The minimum Gasteiger partial charge on any atom is -0.482 e. The third kappa shape index (κ3) is 4.90.